The molecule has 2 aromatic carbocycles. The maximum atomic E-state index is 13.9. The second-order valence-electron chi connectivity index (χ2n) is 5.12. The predicted molar refractivity (Wildman–Crippen MR) is 92.9 cm³/mol. The zero-order chi connectivity index (χ0) is 16.6. The van der Waals surface area contributed by atoms with E-state index in [0.717, 1.165) is 21.0 Å². The maximum Gasteiger partial charge on any atom is 0.221 e. The first-order valence-electron chi connectivity index (χ1n) is 6.90. The van der Waals surface area contributed by atoms with Crippen LogP contribution in [0.4, 0.5) is 15.8 Å². The third-order valence-electron chi connectivity index (χ3n) is 3.39. The maximum absolute atomic E-state index is 13.9. The second-order valence-corrected chi connectivity index (χ2v) is 6.21. The Balaban J connectivity index is 2.06. The molecule has 0 saturated carbocycles. The van der Waals surface area contributed by atoms with Crippen LogP contribution in [0.1, 0.15) is 17.4 Å². The number of nitrogens with one attached hydrogen (secondary N) is 2. The summed E-state index contributed by atoms with van der Waals surface area (Å²) in [6.07, 6.45) is 0. The van der Waals surface area contributed by atoms with Gasteiger partial charge in [0.2, 0.25) is 5.91 Å². The molecule has 0 saturated heterocycles. The number of anilines is 2. The van der Waals surface area contributed by atoms with E-state index in [0.29, 0.717) is 5.56 Å². The van der Waals surface area contributed by atoms with Gasteiger partial charge >= 0.3 is 0 Å². The van der Waals surface area contributed by atoms with Gasteiger partial charge in [-0.15, -0.1) is 11.3 Å². The number of nitrogen functional groups attached to an aromatic ring is 1. The summed E-state index contributed by atoms with van der Waals surface area (Å²) in [6, 6.07) is 12.3. The summed E-state index contributed by atoms with van der Waals surface area (Å²) in [6.45, 7) is 1.30. The smallest absolute Gasteiger partial charge is 0.221 e. The van der Waals surface area contributed by atoms with Crippen molar-refractivity contribution >= 4 is 44.4 Å². The molecule has 4 N–H and O–H groups in total. The number of hydrogen-bond donors (Lipinski definition) is 3. The number of thiophene rings is 1. The normalized spacial score (nSPS) is 10.7. The van der Waals surface area contributed by atoms with Gasteiger partial charge in [0.05, 0.1) is 16.3 Å². The zero-order valence-electron chi connectivity index (χ0n) is 12.3. The van der Waals surface area contributed by atoms with Gasteiger partial charge in [0, 0.05) is 22.9 Å². The average molecular weight is 327 g/mol. The number of carbonyl (C=O) groups is 1. The van der Waals surface area contributed by atoms with Crippen molar-refractivity contribution in [1.29, 1.82) is 5.41 Å². The van der Waals surface area contributed by atoms with E-state index in [4.69, 9.17) is 11.1 Å². The van der Waals surface area contributed by atoms with E-state index in [2.05, 4.69) is 5.32 Å². The molecule has 23 heavy (non-hydrogen) atoms. The van der Waals surface area contributed by atoms with Crippen LogP contribution in [0.15, 0.2) is 42.5 Å². The topological polar surface area (TPSA) is 79.0 Å². The van der Waals surface area contributed by atoms with Crippen LogP contribution in [-0.2, 0) is 4.79 Å². The number of halogens is 1. The van der Waals surface area contributed by atoms with Gasteiger partial charge in [0.15, 0.2) is 0 Å². The Hall–Kier alpha value is -2.73. The Morgan fingerprint density at radius 2 is 2.00 bits per heavy atom. The van der Waals surface area contributed by atoms with E-state index < -0.39 is 5.82 Å². The highest BCUT2D eigenvalue weighted by Gasteiger charge is 2.15. The first kappa shape index (κ1) is 15.2. The first-order chi connectivity index (χ1) is 11.0. The number of fused-ring (bicyclic) bond motifs is 1. The quantitative estimate of drug-likeness (QED) is 0.502. The minimum Gasteiger partial charge on any atom is -0.398 e. The molecule has 116 valence electrons. The predicted octanol–water partition coefficient (Wildman–Crippen LogP) is 4.00. The summed E-state index contributed by atoms with van der Waals surface area (Å²) in [5.74, 6) is -1.00. The van der Waals surface area contributed by atoms with Crippen LogP contribution < -0.4 is 11.1 Å². The van der Waals surface area contributed by atoms with E-state index >= 15 is 0 Å². The molecule has 0 fully saturated rings. The van der Waals surface area contributed by atoms with Gasteiger partial charge in [-0.3, -0.25) is 10.2 Å². The molecule has 0 unspecified atom stereocenters. The van der Waals surface area contributed by atoms with Crippen molar-refractivity contribution in [3.63, 3.8) is 0 Å². The number of carbonyl (C=O) groups excluding carboxylic acids is 1. The molecule has 0 atom stereocenters. The summed E-state index contributed by atoms with van der Waals surface area (Å²) in [5.41, 5.74) is 6.65. The molecule has 0 aliphatic heterocycles. The van der Waals surface area contributed by atoms with Crippen molar-refractivity contribution in [2.24, 2.45) is 0 Å². The SMILES string of the molecule is CC(=O)Nc1cc(C(=N)c2cc3ccccc3s2)c(N)cc1F. The molecule has 4 nitrogen and oxygen atoms in total. The second kappa shape index (κ2) is 5.81. The van der Waals surface area contributed by atoms with Crippen molar-refractivity contribution in [1.82, 2.24) is 0 Å². The number of nitrogens with two attached hydrogens (primary N) is 1. The van der Waals surface area contributed by atoms with E-state index in [1.807, 2.05) is 30.3 Å². The molecule has 0 spiro atoms. The lowest BCUT2D eigenvalue weighted by molar-refractivity contribution is -0.114. The summed E-state index contributed by atoms with van der Waals surface area (Å²) in [5, 5.41) is 11.8. The number of amides is 1. The first-order valence-corrected chi connectivity index (χ1v) is 7.72. The minimum absolute atomic E-state index is 0.0209. The highest BCUT2D eigenvalue weighted by molar-refractivity contribution is 7.21. The van der Waals surface area contributed by atoms with Crippen LogP contribution in [0.2, 0.25) is 0 Å². The Morgan fingerprint density at radius 1 is 1.26 bits per heavy atom. The number of rotatable bonds is 3. The van der Waals surface area contributed by atoms with Crippen LogP contribution >= 0.6 is 11.3 Å². The molecule has 1 heterocycles. The van der Waals surface area contributed by atoms with Crippen LogP contribution in [0.5, 0.6) is 0 Å². The standard InChI is InChI=1S/C17H14FN3OS/c1-9(22)21-14-7-11(13(19)8-12(14)18)17(20)16-6-10-4-2-3-5-15(10)23-16/h2-8,20H,19H2,1H3,(H,21,22). The summed E-state index contributed by atoms with van der Waals surface area (Å²) >= 11 is 1.47. The van der Waals surface area contributed by atoms with Crippen molar-refractivity contribution in [2.45, 2.75) is 6.92 Å². The molecular formula is C17H14FN3OS. The van der Waals surface area contributed by atoms with Crippen LogP contribution in [0.25, 0.3) is 10.1 Å². The fourth-order valence-electron chi connectivity index (χ4n) is 2.33. The average Bonchev–Trinajstić information content (AvgIpc) is 2.93. The lowest BCUT2D eigenvalue weighted by Gasteiger charge is -2.10. The lowest BCUT2D eigenvalue weighted by Crippen LogP contribution is -2.11. The number of benzene rings is 2. The van der Waals surface area contributed by atoms with Crippen LogP contribution in [0.3, 0.4) is 0 Å². The molecule has 6 heteroatoms. The Labute approximate surface area is 136 Å². The van der Waals surface area contributed by atoms with Crippen molar-refractivity contribution in [2.75, 3.05) is 11.1 Å². The lowest BCUT2D eigenvalue weighted by atomic mass is 10.0. The Kier molecular flexibility index (Phi) is 3.83. The van der Waals surface area contributed by atoms with E-state index in [9.17, 15) is 9.18 Å². The largest absolute Gasteiger partial charge is 0.398 e. The highest BCUT2D eigenvalue weighted by Crippen LogP contribution is 2.30. The molecule has 1 amide bonds. The molecule has 0 aliphatic carbocycles. The summed E-state index contributed by atoms with van der Waals surface area (Å²) < 4.78 is 14.9. The molecule has 3 rings (SSSR count). The van der Waals surface area contributed by atoms with E-state index in [1.165, 1.54) is 24.3 Å². The monoisotopic (exact) mass is 327 g/mol. The van der Waals surface area contributed by atoms with E-state index in [1.54, 1.807) is 0 Å². The fraction of sp³-hybridized carbons (Fsp3) is 0.0588. The van der Waals surface area contributed by atoms with Gasteiger partial charge in [-0.05, 0) is 29.7 Å². The fourth-order valence-corrected chi connectivity index (χ4v) is 3.35. The summed E-state index contributed by atoms with van der Waals surface area (Å²) in [7, 11) is 0. The highest BCUT2D eigenvalue weighted by atomic mass is 32.1. The molecular weight excluding hydrogens is 313 g/mol. The molecule has 0 bridgehead atoms. The number of hydrogen-bond acceptors (Lipinski definition) is 4. The van der Waals surface area contributed by atoms with Gasteiger partial charge in [-0.25, -0.2) is 4.39 Å². The molecule has 0 aliphatic rings. The van der Waals surface area contributed by atoms with Crippen molar-refractivity contribution < 1.29 is 9.18 Å². The molecule has 3 aromatic rings. The van der Waals surface area contributed by atoms with Gasteiger partial charge in [-0.2, -0.15) is 0 Å². The van der Waals surface area contributed by atoms with Gasteiger partial charge in [0.25, 0.3) is 0 Å². The third kappa shape index (κ3) is 2.93. The Bertz CT molecular complexity index is 900. The third-order valence-corrected chi connectivity index (χ3v) is 4.52. The van der Waals surface area contributed by atoms with Crippen molar-refractivity contribution in [3.05, 3.63) is 58.7 Å². The summed E-state index contributed by atoms with van der Waals surface area (Å²) in [4.78, 5) is 11.9. The van der Waals surface area contributed by atoms with Crippen molar-refractivity contribution in [3.8, 4) is 0 Å². The van der Waals surface area contributed by atoms with E-state index in [-0.39, 0.29) is 23.0 Å². The zero-order valence-corrected chi connectivity index (χ0v) is 13.1. The molecule has 0 radical (unpaired) electrons. The van der Waals surface area contributed by atoms with Crippen LogP contribution in [-0.4, -0.2) is 11.6 Å². The van der Waals surface area contributed by atoms with Gasteiger partial charge in [0.1, 0.15) is 5.82 Å². The minimum atomic E-state index is -0.620. The Morgan fingerprint density at radius 3 is 2.70 bits per heavy atom. The van der Waals surface area contributed by atoms with Gasteiger partial charge < -0.3 is 11.1 Å². The molecule has 1 aromatic heterocycles. The van der Waals surface area contributed by atoms with Gasteiger partial charge in [-0.1, -0.05) is 18.2 Å². The van der Waals surface area contributed by atoms with Crippen LogP contribution in [0, 0.1) is 11.2 Å².